The van der Waals surface area contributed by atoms with Crippen molar-refractivity contribution < 1.29 is 0 Å². The van der Waals surface area contributed by atoms with Gasteiger partial charge in [-0.2, -0.15) is 13.8 Å². The van der Waals surface area contributed by atoms with Crippen LogP contribution in [0.2, 0.25) is 0 Å². The molecule has 0 spiro atoms. The molecule has 0 aromatic carbocycles. The van der Waals surface area contributed by atoms with Gasteiger partial charge in [0.05, 0.1) is 0 Å². The van der Waals surface area contributed by atoms with E-state index in [2.05, 4.69) is 48.5 Å². The number of hydrogen-bond acceptors (Lipinski definition) is 1. The van der Waals surface area contributed by atoms with E-state index in [1.54, 1.807) is 0 Å². The first-order valence-corrected chi connectivity index (χ1v) is 5.60. The molecule has 1 heteroatoms. The van der Waals surface area contributed by atoms with Crippen molar-refractivity contribution in [1.82, 2.24) is 4.98 Å². The van der Waals surface area contributed by atoms with Crippen LogP contribution in [0.5, 0.6) is 0 Å². The number of hydrogen-bond donors (Lipinski definition) is 0. The lowest BCUT2D eigenvalue weighted by molar-refractivity contribution is 0.732. The highest BCUT2D eigenvalue weighted by atomic mass is 14.7. The van der Waals surface area contributed by atoms with Gasteiger partial charge in [-0.05, 0) is 44.4 Å². The molecule has 0 saturated carbocycles. The molecule has 0 N–H and O–H groups in total. The maximum atomic E-state index is 4.73. The molecule has 1 rings (SSSR count). The third-order valence-electron chi connectivity index (χ3n) is 3.62. The minimum absolute atomic E-state index is 0.461. The quantitative estimate of drug-likeness (QED) is 0.663. The minimum atomic E-state index is 0.461. The summed E-state index contributed by atoms with van der Waals surface area (Å²) in [7, 11) is 0. The molecule has 1 aromatic heterocycles. The summed E-state index contributed by atoms with van der Waals surface area (Å²) < 4.78 is 0. The van der Waals surface area contributed by atoms with Crippen LogP contribution in [0.15, 0.2) is 0 Å². The molecule has 0 aliphatic carbocycles. The molecule has 0 fully saturated rings. The summed E-state index contributed by atoms with van der Waals surface area (Å²) in [5.74, 6) is 1.89. The van der Waals surface area contributed by atoms with Gasteiger partial charge < -0.3 is 5.92 Å². The fourth-order valence-electron chi connectivity index (χ4n) is 1.79. The predicted molar refractivity (Wildman–Crippen MR) is 66.2 cm³/mol. The molecule has 0 radical (unpaired) electrons. The lowest BCUT2D eigenvalue weighted by atomic mass is 9.89. The Kier molecular flexibility index (Phi) is 3.54. The third-order valence-corrected chi connectivity index (χ3v) is 3.62. The van der Waals surface area contributed by atoms with Crippen molar-refractivity contribution in [3.05, 3.63) is 34.0 Å². The van der Waals surface area contributed by atoms with Gasteiger partial charge in [0.1, 0.15) is 0 Å². The number of aryl methyl sites for hydroxylation is 1. The highest BCUT2D eigenvalue weighted by molar-refractivity contribution is 5.40. The molecular weight excluding hydrogens is 182 g/mol. The van der Waals surface area contributed by atoms with Crippen molar-refractivity contribution >= 4 is 0 Å². The smallest absolute Gasteiger partial charge is 0.0406 e. The van der Waals surface area contributed by atoms with Crippen LogP contribution in [0, 0.1) is 33.6 Å². The van der Waals surface area contributed by atoms with E-state index in [1.165, 1.54) is 34.0 Å². The molecule has 1 nitrogen and oxygen atoms in total. The first kappa shape index (κ1) is 12.2. The summed E-state index contributed by atoms with van der Waals surface area (Å²) in [4.78, 5) is 4.73. The standard InChI is InChI=1S/C14H22N/c1-8(2)9(3)14-12(6)10(4)11(5)13(7)15-14/h9H,1-7H3/q-1. The van der Waals surface area contributed by atoms with E-state index in [-0.39, 0.29) is 0 Å². The Hall–Kier alpha value is -0.850. The van der Waals surface area contributed by atoms with Gasteiger partial charge >= 0.3 is 0 Å². The number of aromatic nitrogens is 1. The summed E-state index contributed by atoms with van der Waals surface area (Å²) in [5, 5.41) is 0. The normalized spacial score (nSPS) is 13.3. The van der Waals surface area contributed by atoms with Crippen LogP contribution in [-0.4, -0.2) is 4.98 Å². The van der Waals surface area contributed by atoms with Crippen molar-refractivity contribution in [2.24, 2.45) is 0 Å². The van der Waals surface area contributed by atoms with Crippen LogP contribution in [-0.2, 0) is 0 Å². The Balaban J connectivity index is 3.32. The Morgan fingerprint density at radius 2 is 1.47 bits per heavy atom. The maximum absolute atomic E-state index is 4.73. The van der Waals surface area contributed by atoms with E-state index >= 15 is 0 Å². The highest BCUT2D eigenvalue weighted by Gasteiger charge is 2.11. The van der Waals surface area contributed by atoms with E-state index in [0.717, 1.165) is 0 Å². The fourth-order valence-corrected chi connectivity index (χ4v) is 1.79. The van der Waals surface area contributed by atoms with Gasteiger partial charge in [0.15, 0.2) is 0 Å². The maximum Gasteiger partial charge on any atom is 0.0406 e. The van der Waals surface area contributed by atoms with E-state index in [1.807, 2.05) is 0 Å². The molecule has 0 aliphatic rings. The number of nitrogens with zero attached hydrogens (tertiary/aromatic N) is 1. The SMILES string of the molecule is Cc1nc(C(C)[C-](C)C)c(C)c(C)c1C. The van der Waals surface area contributed by atoms with E-state index in [9.17, 15) is 0 Å². The van der Waals surface area contributed by atoms with Gasteiger partial charge in [-0.25, -0.2) is 0 Å². The first-order chi connectivity index (χ1) is 6.86. The largest absolute Gasteiger partial charge is 0.311 e. The number of pyridine rings is 1. The molecule has 1 atom stereocenters. The summed E-state index contributed by atoms with van der Waals surface area (Å²) in [6, 6.07) is 0. The molecule has 0 bridgehead atoms. The van der Waals surface area contributed by atoms with Crippen molar-refractivity contribution in [3.8, 4) is 0 Å². The van der Waals surface area contributed by atoms with E-state index in [0.29, 0.717) is 5.92 Å². The van der Waals surface area contributed by atoms with Crippen molar-refractivity contribution in [3.63, 3.8) is 0 Å². The zero-order chi connectivity index (χ0) is 11.7. The van der Waals surface area contributed by atoms with Crippen molar-refractivity contribution in [2.75, 3.05) is 0 Å². The Bertz CT molecular complexity index is 364. The van der Waals surface area contributed by atoms with E-state index < -0.39 is 0 Å². The van der Waals surface area contributed by atoms with Crippen LogP contribution in [0.4, 0.5) is 0 Å². The Morgan fingerprint density at radius 1 is 0.933 bits per heavy atom. The van der Waals surface area contributed by atoms with Gasteiger partial charge in [0, 0.05) is 11.4 Å². The lowest BCUT2D eigenvalue weighted by Gasteiger charge is -2.30. The summed E-state index contributed by atoms with van der Waals surface area (Å²) in [5.41, 5.74) is 6.49. The molecule has 1 unspecified atom stereocenters. The summed E-state index contributed by atoms with van der Waals surface area (Å²) >= 11 is 0. The summed E-state index contributed by atoms with van der Waals surface area (Å²) in [6.07, 6.45) is 0. The second-order valence-corrected chi connectivity index (χ2v) is 4.76. The van der Waals surface area contributed by atoms with Gasteiger partial charge in [-0.1, -0.05) is 6.92 Å². The average molecular weight is 204 g/mol. The molecule has 84 valence electrons. The van der Waals surface area contributed by atoms with Gasteiger partial charge in [-0.3, -0.25) is 4.98 Å². The Labute approximate surface area is 93.9 Å². The average Bonchev–Trinajstić information content (AvgIpc) is 2.19. The van der Waals surface area contributed by atoms with Gasteiger partial charge in [-0.15, -0.1) is 5.92 Å². The molecule has 0 amide bonds. The summed E-state index contributed by atoms with van der Waals surface area (Å²) in [6.45, 7) is 15.2. The zero-order valence-corrected chi connectivity index (χ0v) is 11.0. The van der Waals surface area contributed by atoms with Crippen LogP contribution in [0.25, 0.3) is 0 Å². The molecule has 1 heterocycles. The van der Waals surface area contributed by atoms with E-state index in [4.69, 9.17) is 4.98 Å². The number of rotatable bonds is 2. The van der Waals surface area contributed by atoms with Crippen LogP contribution >= 0.6 is 0 Å². The molecule has 0 saturated heterocycles. The fraction of sp³-hybridized carbons (Fsp3) is 0.571. The lowest BCUT2D eigenvalue weighted by Crippen LogP contribution is -2.09. The second kappa shape index (κ2) is 4.34. The Morgan fingerprint density at radius 3 is 1.93 bits per heavy atom. The first-order valence-electron chi connectivity index (χ1n) is 5.60. The van der Waals surface area contributed by atoms with Crippen LogP contribution in [0.1, 0.15) is 54.8 Å². The van der Waals surface area contributed by atoms with Crippen molar-refractivity contribution in [1.29, 1.82) is 0 Å². The molecule has 0 aliphatic heterocycles. The predicted octanol–water partition coefficient (Wildman–Crippen LogP) is 4.03. The zero-order valence-electron chi connectivity index (χ0n) is 11.0. The van der Waals surface area contributed by atoms with Crippen LogP contribution < -0.4 is 0 Å². The van der Waals surface area contributed by atoms with Gasteiger partial charge in [0.2, 0.25) is 0 Å². The van der Waals surface area contributed by atoms with Crippen molar-refractivity contribution in [2.45, 2.75) is 54.4 Å². The monoisotopic (exact) mass is 204 g/mol. The second-order valence-electron chi connectivity index (χ2n) is 4.76. The highest BCUT2D eigenvalue weighted by Crippen LogP contribution is 2.29. The molecule has 15 heavy (non-hydrogen) atoms. The minimum Gasteiger partial charge on any atom is -0.311 e. The third kappa shape index (κ3) is 2.22. The van der Waals surface area contributed by atoms with Crippen LogP contribution in [0.3, 0.4) is 0 Å². The topological polar surface area (TPSA) is 12.9 Å². The van der Waals surface area contributed by atoms with Gasteiger partial charge in [0.25, 0.3) is 0 Å². The molecular formula is C14H22N-. The molecule has 1 aromatic rings.